The molecule has 108 valence electrons. The lowest BCUT2D eigenvalue weighted by Gasteiger charge is -2.18. The van der Waals surface area contributed by atoms with Crippen LogP contribution in [0.5, 0.6) is 0 Å². The number of aryl methyl sites for hydroxylation is 1. The Labute approximate surface area is 124 Å². The van der Waals surface area contributed by atoms with Crippen LogP contribution in [-0.4, -0.2) is 16.9 Å². The number of fused-ring (bicyclic) bond motifs is 1. The highest BCUT2D eigenvalue weighted by molar-refractivity contribution is 5.79. The van der Waals surface area contributed by atoms with Gasteiger partial charge in [-0.15, -0.1) is 0 Å². The van der Waals surface area contributed by atoms with Crippen molar-refractivity contribution in [2.45, 2.75) is 31.8 Å². The molecule has 1 aromatic heterocycles. The summed E-state index contributed by atoms with van der Waals surface area (Å²) in [7, 11) is 0. The molecule has 1 aromatic carbocycles. The summed E-state index contributed by atoms with van der Waals surface area (Å²) in [5, 5.41) is 3.05. The lowest BCUT2D eigenvalue weighted by Crippen LogP contribution is -2.41. The van der Waals surface area contributed by atoms with Crippen LogP contribution in [0.4, 0.5) is 0 Å². The second-order valence-corrected chi connectivity index (χ2v) is 5.59. The number of nitrogens with zero attached hydrogens (tertiary/aromatic N) is 1. The first-order chi connectivity index (χ1) is 10.1. The van der Waals surface area contributed by atoms with Crippen molar-refractivity contribution in [3.63, 3.8) is 0 Å². The molecule has 0 saturated heterocycles. The van der Waals surface area contributed by atoms with E-state index in [4.69, 9.17) is 5.73 Å². The van der Waals surface area contributed by atoms with E-state index in [2.05, 4.69) is 16.4 Å². The van der Waals surface area contributed by atoms with Crippen LogP contribution in [0, 0.1) is 6.92 Å². The van der Waals surface area contributed by atoms with Crippen LogP contribution in [0.15, 0.2) is 42.6 Å². The van der Waals surface area contributed by atoms with Crippen LogP contribution in [0.3, 0.4) is 0 Å². The molecule has 1 amide bonds. The number of hydrogen-bond acceptors (Lipinski definition) is 3. The zero-order valence-corrected chi connectivity index (χ0v) is 12.0. The Morgan fingerprint density at radius 3 is 2.86 bits per heavy atom. The molecule has 3 N–H and O–H groups in total. The summed E-state index contributed by atoms with van der Waals surface area (Å²) in [5.41, 5.74) is 10.5. The zero-order chi connectivity index (χ0) is 14.8. The second kappa shape index (κ2) is 5.66. The van der Waals surface area contributed by atoms with Crippen molar-refractivity contribution in [3.8, 4) is 0 Å². The molecule has 4 nitrogen and oxygen atoms in total. The van der Waals surface area contributed by atoms with Crippen molar-refractivity contribution < 1.29 is 4.79 Å². The van der Waals surface area contributed by atoms with Gasteiger partial charge in [-0.2, -0.15) is 0 Å². The van der Waals surface area contributed by atoms with Crippen LogP contribution in [0.2, 0.25) is 0 Å². The Kier molecular flexibility index (Phi) is 3.71. The predicted octanol–water partition coefficient (Wildman–Crippen LogP) is 1.67. The zero-order valence-electron chi connectivity index (χ0n) is 12.0. The molecule has 0 bridgehead atoms. The predicted molar refractivity (Wildman–Crippen MR) is 81.7 cm³/mol. The number of benzene rings is 1. The standard InChI is InChI=1S/C17H19N3O/c1-11-6-7-12(10-19-11)8-16(21)20-15-9-13-4-2-3-5-14(13)17(15)18/h2-7,10,15,17H,8-9,18H2,1H3,(H,20,21)/t15-,17-/m1/s1. The van der Waals surface area contributed by atoms with Gasteiger partial charge in [0.15, 0.2) is 0 Å². The minimum absolute atomic E-state index is 0.00564. The van der Waals surface area contributed by atoms with Crippen LogP contribution < -0.4 is 11.1 Å². The molecule has 3 rings (SSSR count). The van der Waals surface area contributed by atoms with E-state index in [0.717, 1.165) is 23.2 Å². The Bertz CT molecular complexity index is 651. The van der Waals surface area contributed by atoms with E-state index in [1.54, 1.807) is 6.20 Å². The first-order valence-electron chi connectivity index (χ1n) is 7.18. The van der Waals surface area contributed by atoms with Crippen LogP contribution in [-0.2, 0) is 17.6 Å². The molecule has 0 aliphatic heterocycles. The van der Waals surface area contributed by atoms with E-state index < -0.39 is 0 Å². The first-order valence-corrected chi connectivity index (χ1v) is 7.18. The topological polar surface area (TPSA) is 68.0 Å². The maximum absolute atomic E-state index is 12.2. The molecule has 1 heterocycles. The number of pyridine rings is 1. The lowest BCUT2D eigenvalue weighted by atomic mass is 10.1. The summed E-state index contributed by atoms with van der Waals surface area (Å²) in [6.45, 7) is 1.93. The smallest absolute Gasteiger partial charge is 0.224 e. The molecule has 4 heteroatoms. The van der Waals surface area contributed by atoms with E-state index in [0.29, 0.717) is 6.42 Å². The summed E-state index contributed by atoms with van der Waals surface area (Å²) in [5.74, 6) is -0.00564. The van der Waals surface area contributed by atoms with Gasteiger partial charge >= 0.3 is 0 Å². The average molecular weight is 281 g/mol. The number of carbonyl (C=O) groups excluding carboxylic acids is 1. The molecule has 2 atom stereocenters. The summed E-state index contributed by atoms with van der Waals surface area (Å²) in [6, 6.07) is 11.8. The molecular weight excluding hydrogens is 262 g/mol. The monoisotopic (exact) mass is 281 g/mol. The van der Waals surface area contributed by atoms with Crippen LogP contribution in [0.25, 0.3) is 0 Å². The van der Waals surface area contributed by atoms with Gasteiger partial charge in [-0.3, -0.25) is 9.78 Å². The van der Waals surface area contributed by atoms with Crippen LogP contribution >= 0.6 is 0 Å². The maximum atomic E-state index is 12.2. The third-order valence-corrected chi connectivity index (χ3v) is 3.97. The Morgan fingerprint density at radius 2 is 2.14 bits per heavy atom. The minimum atomic E-state index is -0.124. The molecule has 21 heavy (non-hydrogen) atoms. The van der Waals surface area contributed by atoms with E-state index in [-0.39, 0.29) is 18.0 Å². The quantitative estimate of drug-likeness (QED) is 0.899. The lowest BCUT2D eigenvalue weighted by molar-refractivity contribution is -0.121. The van der Waals surface area contributed by atoms with Crippen molar-refractivity contribution in [2.75, 3.05) is 0 Å². The molecule has 0 radical (unpaired) electrons. The number of amides is 1. The molecule has 0 saturated carbocycles. The molecule has 0 unspecified atom stereocenters. The largest absolute Gasteiger partial charge is 0.351 e. The summed E-state index contributed by atoms with van der Waals surface area (Å²) in [6.07, 6.45) is 2.89. The first kappa shape index (κ1) is 13.8. The molecule has 0 fully saturated rings. The Balaban J connectivity index is 1.63. The molecular formula is C17H19N3O. The van der Waals surface area contributed by atoms with E-state index in [1.165, 1.54) is 5.56 Å². The van der Waals surface area contributed by atoms with Gasteiger partial charge in [0.05, 0.1) is 18.5 Å². The Hall–Kier alpha value is -2.20. The fourth-order valence-electron chi connectivity index (χ4n) is 2.81. The van der Waals surface area contributed by atoms with Crippen molar-refractivity contribution in [1.29, 1.82) is 0 Å². The van der Waals surface area contributed by atoms with Gasteiger partial charge in [0.2, 0.25) is 5.91 Å². The third kappa shape index (κ3) is 2.95. The molecule has 2 aromatic rings. The van der Waals surface area contributed by atoms with Crippen molar-refractivity contribution in [2.24, 2.45) is 5.73 Å². The van der Waals surface area contributed by atoms with Gasteiger partial charge in [0.1, 0.15) is 0 Å². The highest BCUT2D eigenvalue weighted by Crippen LogP contribution is 2.29. The van der Waals surface area contributed by atoms with Crippen molar-refractivity contribution in [3.05, 3.63) is 65.0 Å². The van der Waals surface area contributed by atoms with Gasteiger partial charge in [0.25, 0.3) is 0 Å². The van der Waals surface area contributed by atoms with Gasteiger partial charge in [-0.25, -0.2) is 0 Å². The number of nitrogens with one attached hydrogen (secondary N) is 1. The van der Waals surface area contributed by atoms with Gasteiger partial charge in [-0.1, -0.05) is 30.3 Å². The fourth-order valence-corrected chi connectivity index (χ4v) is 2.81. The number of carbonyl (C=O) groups is 1. The second-order valence-electron chi connectivity index (χ2n) is 5.59. The number of aromatic nitrogens is 1. The van der Waals surface area contributed by atoms with Crippen molar-refractivity contribution >= 4 is 5.91 Å². The summed E-state index contributed by atoms with van der Waals surface area (Å²) in [4.78, 5) is 16.4. The van der Waals surface area contributed by atoms with Crippen LogP contribution in [0.1, 0.15) is 28.4 Å². The highest BCUT2D eigenvalue weighted by Gasteiger charge is 2.30. The van der Waals surface area contributed by atoms with E-state index in [1.807, 2.05) is 37.3 Å². The SMILES string of the molecule is Cc1ccc(CC(=O)N[C@@H]2Cc3ccccc3[C@H]2N)cn1. The van der Waals surface area contributed by atoms with Gasteiger partial charge in [-0.05, 0) is 36.1 Å². The third-order valence-electron chi connectivity index (χ3n) is 3.97. The highest BCUT2D eigenvalue weighted by atomic mass is 16.1. The molecule has 1 aliphatic rings. The normalized spacial score (nSPS) is 20.1. The fraction of sp³-hybridized carbons (Fsp3) is 0.294. The minimum Gasteiger partial charge on any atom is -0.351 e. The number of nitrogens with two attached hydrogens (primary N) is 1. The van der Waals surface area contributed by atoms with Gasteiger partial charge in [0, 0.05) is 11.9 Å². The van der Waals surface area contributed by atoms with Gasteiger partial charge < -0.3 is 11.1 Å². The van der Waals surface area contributed by atoms with E-state index >= 15 is 0 Å². The van der Waals surface area contributed by atoms with Crippen molar-refractivity contribution in [1.82, 2.24) is 10.3 Å². The summed E-state index contributed by atoms with van der Waals surface area (Å²) < 4.78 is 0. The maximum Gasteiger partial charge on any atom is 0.224 e. The number of hydrogen-bond donors (Lipinski definition) is 2. The number of rotatable bonds is 3. The molecule has 1 aliphatic carbocycles. The molecule has 0 spiro atoms. The van der Waals surface area contributed by atoms with E-state index in [9.17, 15) is 4.79 Å². The summed E-state index contributed by atoms with van der Waals surface area (Å²) >= 11 is 0. The Morgan fingerprint density at radius 1 is 1.33 bits per heavy atom. The average Bonchev–Trinajstić information content (AvgIpc) is 2.78.